The van der Waals surface area contributed by atoms with Crippen LogP contribution in [-0.2, 0) is 28.4 Å². The highest BCUT2D eigenvalue weighted by atomic mass is 16.6. The molecule has 6 aromatic rings. The van der Waals surface area contributed by atoms with E-state index >= 15 is 0 Å². The van der Waals surface area contributed by atoms with Crippen LogP contribution in [0.25, 0.3) is 0 Å². The summed E-state index contributed by atoms with van der Waals surface area (Å²) in [6.45, 7) is 15.6. The number of nitrogens with zero attached hydrogens (tertiary/aromatic N) is 1. The van der Waals surface area contributed by atoms with E-state index in [1.165, 1.54) is 5.69 Å². The smallest absolute Gasteiger partial charge is 0.119 e. The second-order valence-corrected chi connectivity index (χ2v) is 17.4. The molecule has 0 saturated heterocycles. The molecule has 0 saturated carbocycles. The molecular weight excluding hydrogens is 979 g/mol. The van der Waals surface area contributed by atoms with Crippen molar-refractivity contribution in [3.05, 3.63) is 179 Å². The minimum atomic E-state index is 0.518. The number of ether oxygens (including phenoxy) is 9. The number of nitrogen functional groups attached to an aromatic ring is 1. The summed E-state index contributed by atoms with van der Waals surface area (Å²) in [7, 11) is 5.95. The van der Waals surface area contributed by atoms with E-state index in [1.807, 2.05) is 155 Å². The standard InChI is InChI=1S/C23H29NO3.C22H27NO3.C21H25NO3/c1-4-15-25-16-17-26-18-19-27-23-13-9-21(10-14-23)6-5-20-7-11-22(12-8-20)24(2)3;1-3-14-24-15-16-25-17-18-26-22-12-8-20(9-13-22)5-4-19-6-10-21(23-2)11-7-19;1-2-13-23-14-15-24-16-17-25-21-11-7-19(8-12-21)4-3-18-5-9-20(22)10-6-18/h7-14H,4,15-19H2,1-3H3;6-13,23H,3,14-18H2,1-2H3;5-12H,2,13-17,22H2,1H3. The fourth-order valence-corrected chi connectivity index (χ4v) is 6.52. The third-order valence-corrected chi connectivity index (χ3v) is 10.7. The van der Waals surface area contributed by atoms with Gasteiger partial charge in [0.2, 0.25) is 0 Å². The molecule has 0 fully saturated rings. The van der Waals surface area contributed by atoms with E-state index in [4.69, 9.17) is 48.4 Å². The van der Waals surface area contributed by atoms with Crippen molar-refractivity contribution in [3.8, 4) is 52.8 Å². The molecule has 0 amide bonds. The molecule has 0 aromatic heterocycles. The quantitative estimate of drug-likeness (QED) is 0.0264. The highest BCUT2D eigenvalue weighted by molar-refractivity contribution is 5.53. The summed E-state index contributed by atoms with van der Waals surface area (Å²) >= 11 is 0. The number of benzene rings is 6. The second-order valence-electron chi connectivity index (χ2n) is 17.4. The van der Waals surface area contributed by atoms with Crippen LogP contribution in [0.3, 0.4) is 0 Å². The molecule has 0 unspecified atom stereocenters. The van der Waals surface area contributed by atoms with Crippen molar-refractivity contribution in [1.82, 2.24) is 0 Å². The summed E-state index contributed by atoms with van der Waals surface area (Å²) < 4.78 is 49.3. The molecule has 0 radical (unpaired) electrons. The maximum absolute atomic E-state index is 5.67. The lowest BCUT2D eigenvalue weighted by atomic mass is 10.1. The van der Waals surface area contributed by atoms with Gasteiger partial charge in [-0.3, -0.25) is 0 Å². The van der Waals surface area contributed by atoms with Gasteiger partial charge < -0.3 is 58.6 Å². The number of hydrogen-bond acceptors (Lipinski definition) is 12. The van der Waals surface area contributed by atoms with Crippen LogP contribution < -0.4 is 30.2 Å². The molecule has 0 aliphatic carbocycles. The molecule has 0 spiro atoms. The van der Waals surface area contributed by atoms with Crippen molar-refractivity contribution >= 4 is 17.1 Å². The number of anilines is 3. The Labute approximate surface area is 465 Å². The number of rotatable bonds is 29. The number of hydrogen-bond donors (Lipinski definition) is 2. The summed E-state index contributed by atoms with van der Waals surface area (Å²) in [4.78, 5) is 2.07. The van der Waals surface area contributed by atoms with Crippen LogP contribution in [0.5, 0.6) is 17.2 Å². The van der Waals surface area contributed by atoms with Gasteiger partial charge in [0.1, 0.15) is 37.1 Å². The maximum Gasteiger partial charge on any atom is 0.119 e. The lowest BCUT2D eigenvalue weighted by Gasteiger charge is -2.11. The van der Waals surface area contributed by atoms with Gasteiger partial charge in [0.05, 0.1) is 59.5 Å². The Hall–Kier alpha value is -7.44. The van der Waals surface area contributed by atoms with Crippen molar-refractivity contribution in [2.45, 2.75) is 40.0 Å². The molecule has 0 aliphatic heterocycles. The first-order valence-corrected chi connectivity index (χ1v) is 26.9. The van der Waals surface area contributed by atoms with E-state index in [0.717, 1.165) is 101 Å². The molecule has 12 heteroatoms. The Kier molecular flexibility index (Phi) is 33.0. The number of nitrogens with two attached hydrogens (primary N) is 1. The summed E-state index contributed by atoms with van der Waals surface area (Å²) in [5.41, 5.74) is 14.4. The van der Waals surface area contributed by atoms with Crippen LogP contribution in [0.1, 0.15) is 73.4 Å². The fraction of sp³-hybridized carbons (Fsp3) is 0.364. The first-order chi connectivity index (χ1) is 38.3. The molecule has 0 atom stereocenters. The molecule has 6 aromatic carbocycles. The van der Waals surface area contributed by atoms with E-state index in [2.05, 4.69) is 78.6 Å². The Balaban J connectivity index is 0.000000253. The second kappa shape index (κ2) is 40.8. The first-order valence-electron chi connectivity index (χ1n) is 26.9. The summed E-state index contributed by atoms with van der Waals surface area (Å²) in [5, 5.41) is 3.09. The van der Waals surface area contributed by atoms with Gasteiger partial charge in [-0.2, -0.15) is 0 Å². The molecule has 0 heterocycles. The van der Waals surface area contributed by atoms with Gasteiger partial charge in [0.15, 0.2) is 0 Å². The van der Waals surface area contributed by atoms with Gasteiger partial charge in [-0.15, -0.1) is 0 Å². The number of nitrogens with one attached hydrogen (secondary N) is 1. The van der Waals surface area contributed by atoms with Crippen LogP contribution in [-0.4, -0.2) is 120 Å². The maximum atomic E-state index is 5.67. The molecule has 0 aliphatic rings. The van der Waals surface area contributed by atoms with Crippen molar-refractivity contribution in [3.63, 3.8) is 0 Å². The van der Waals surface area contributed by atoms with Crippen molar-refractivity contribution in [2.24, 2.45) is 0 Å². The Morgan fingerprint density at radius 2 is 0.577 bits per heavy atom. The molecular formula is C66H81N3O9. The molecule has 78 heavy (non-hydrogen) atoms. The molecule has 6 rings (SSSR count). The fourth-order valence-electron chi connectivity index (χ4n) is 6.52. The predicted molar refractivity (Wildman–Crippen MR) is 317 cm³/mol. The average Bonchev–Trinajstić information content (AvgIpc) is 3.47. The lowest BCUT2D eigenvalue weighted by molar-refractivity contribution is 0.0366. The van der Waals surface area contributed by atoms with Crippen molar-refractivity contribution in [1.29, 1.82) is 0 Å². The highest BCUT2D eigenvalue weighted by Gasteiger charge is 2.00. The van der Waals surface area contributed by atoms with E-state index < -0.39 is 0 Å². The van der Waals surface area contributed by atoms with Crippen molar-refractivity contribution < 1.29 is 42.6 Å². The van der Waals surface area contributed by atoms with Gasteiger partial charge in [-0.1, -0.05) is 56.3 Å². The minimum absolute atomic E-state index is 0.518. The van der Waals surface area contributed by atoms with E-state index in [9.17, 15) is 0 Å². The predicted octanol–water partition coefficient (Wildman–Crippen LogP) is 11.4. The molecule has 3 N–H and O–H groups in total. The van der Waals surface area contributed by atoms with Gasteiger partial charge >= 0.3 is 0 Å². The summed E-state index contributed by atoms with van der Waals surface area (Å²) in [5.74, 6) is 21.4. The Morgan fingerprint density at radius 3 is 0.846 bits per heavy atom. The van der Waals surface area contributed by atoms with Crippen LogP contribution in [0.15, 0.2) is 146 Å². The minimum Gasteiger partial charge on any atom is -0.491 e. The Morgan fingerprint density at radius 1 is 0.333 bits per heavy atom. The van der Waals surface area contributed by atoms with E-state index in [-0.39, 0.29) is 0 Å². The highest BCUT2D eigenvalue weighted by Crippen LogP contribution is 2.16. The van der Waals surface area contributed by atoms with Gasteiger partial charge in [0, 0.05) is 91.4 Å². The van der Waals surface area contributed by atoms with Crippen LogP contribution in [0.2, 0.25) is 0 Å². The molecule has 12 nitrogen and oxygen atoms in total. The molecule has 414 valence electrons. The normalized spacial score (nSPS) is 10.1. The zero-order valence-electron chi connectivity index (χ0n) is 46.8. The summed E-state index contributed by atoms with van der Waals surface area (Å²) in [6, 6.07) is 47.1. The molecule has 0 bridgehead atoms. The van der Waals surface area contributed by atoms with Gasteiger partial charge in [-0.05, 0) is 165 Å². The third kappa shape index (κ3) is 29.2. The zero-order valence-corrected chi connectivity index (χ0v) is 46.8. The topological polar surface area (TPSA) is 124 Å². The first kappa shape index (κ1) is 63.1. The SMILES string of the molecule is CCCOCCOCCOc1ccc(C#Cc2ccc(N(C)C)cc2)cc1.CCCOCCOCCOc1ccc(C#Cc2ccc(N)cc2)cc1.CCCOCCOCCOc1ccc(C#Cc2ccc(NC)cc2)cc1. The van der Waals surface area contributed by atoms with Crippen LogP contribution in [0.4, 0.5) is 17.1 Å². The monoisotopic (exact) mass is 1060 g/mol. The lowest BCUT2D eigenvalue weighted by Crippen LogP contribution is -2.11. The van der Waals surface area contributed by atoms with E-state index in [0.29, 0.717) is 79.3 Å². The van der Waals surface area contributed by atoms with E-state index in [1.54, 1.807) is 0 Å². The van der Waals surface area contributed by atoms with Gasteiger partial charge in [0.25, 0.3) is 0 Å². The van der Waals surface area contributed by atoms with Crippen molar-refractivity contribution in [2.75, 3.05) is 136 Å². The van der Waals surface area contributed by atoms with Crippen LogP contribution in [0, 0.1) is 35.5 Å². The third-order valence-electron chi connectivity index (χ3n) is 10.7. The van der Waals surface area contributed by atoms with Gasteiger partial charge in [-0.25, -0.2) is 0 Å². The largest absolute Gasteiger partial charge is 0.491 e. The average molecular weight is 1060 g/mol. The zero-order chi connectivity index (χ0) is 55.5. The summed E-state index contributed by atoms with van der Waals surface area (Å²) in [6.07, 6.45) is 3.10. The Bertz CT molecular complexity index is 2660. The van der Waals surface area contributed by atoms with Crippen LogP contribution >= 0.6 is 0 Å².